The fourth-order valence-electron chi connectivity index (χ4n) is 0.630. The van der Waals surface area contributed by atoms with Crippen molar-refractivity contribution in [1.82, 2.24) is 0 Å². The second-order valence-corrected chi connectivity index (χ2v) is 5.37. The summed E-state index contributed by atoms with van der Waals surface area (Å²) in [6.45, 7) is 17.6. The zero-order valence-corrected chi connectivity index (χ0v) is 16.2. The molecule has 0 aromatic rings. The second kappa shape index (κ2) is 21.8. The van der Waals surface area contributed by atoms with Gasteiger partial charge in [-0.05, 0) is 0 Å². The zero-order chi connectivity index (χ0) is 21.6. The van der Waals surface area contributed by atoms with Crippen LogP contribution in [-0.2, 0) is 28.5 Å². The fourth-order valence-corrected chi connectivity index (χ4v) is 0.630. The molecule has 0 radical (unpaired) electrons. The van der Waals surface area contributed by atoms with Gasteiger partial charge in [0.25, 0.3) is 0 Å². The number of hydrogen-bond acceptors (Lipinski definition) is 8. The first-order valence-electron chi connectivity index (χ1n) is 7.91. The first-order chi connectivity index (χ1) is 12.7. The average molecular weight is 388 g/mol. The summed E-state index contributed by atoms with van der Waals surface area (Å²) in [7, 11) is 0. The number of aliphatic hydroxyl groups excluding tert-OH is 2. The summed E-state index contributed by atoms with van der Waals surface area (Å²) in [5.74, 6) is -0.965. The van der Waals surface area contributed by atoms with E-state index in [0.29, 0.717) is 13.2 Å². The number of rotatable bonds is 12. The number of aliphatic hydroxyl groups is 2. The van der Waals surface area contributed by atoms with Gasteiger partial charge < -0.3 is 29.2 Å². The molecule has 2 N–H and O–H groups in total. The minimum Gasteiger partial charge on any atom is -0.435 e. The van der Waals surface area contributed by atoms with Crippen LogP contribution in [0.3, 0.4) is 0 Å². The second-order valence-electron chi connectivity index (χ2n) is 5.37. The normalized spacial score (nSPS) is 9.33. The molecule has 0 aliphatic carbocycles. The van der Waals surface area contributed by atoms with Crippen molar-refractivity contribution in [2.75, 3.05) is 40.0 Å². The van der Waals surface area contributed by atoms with E-state index in [-0.39, 0.29) is 32.2 Å². The van der Waals surface area contributed by atoms with Crippen LogP contribution in [0, 0.1) is 5.41 Å². The first kappa shape index (κ1) is 29.5. The molecule has 8 heteroatoms. The Morgan fingerprint density at radius 1 is 0.815 bits per heavy atom. The number of carbonyl (C=O) groups is 2. The molecule has 0 atom stereocenters. The molecular weight excluding hydrogens is 356 g/mol. The van der Waals surface area contributed by atoms with Crippen LogP contribution in [0.5, 0.6) is 0 Å². The highest BCUT2D eigenvalue weighted by molar-refractivity contribution is 5.81. The molecule has 0 fully saturated rings. The Kier molecular flexibility index (Phi) is 23.8. The number of hydrogen-bond donors (Lipinski definition) is 2. The zero-order valence-electron chi connectivity index (χ0n) is 16.2. The van der Waals surface area contributed by atoms with Gasteiger partial charge >= 0.3 is 11.9 Å². The SMILES string of the molecule is C=CCOCOC(=O)C=C.C=CCOCOC(=O)C=C.CC(C)(CO)CO. The summed E-state index contributed by atoms with van der Waals surface area (Å²) < 4.78 is 18.4. The minimum atomic E-state index is -0.482. The average Bonchev–Trinajstić information content (AvgIpc) is 2.69. The van der Waals surface area contributed by atoms with Crippen LogP contribution in [0.1, 0.15) is 13.8 Å². The molecule has 0 amide bonds. The molecule has 27 heavy (non-hydrogen) atoms. The number of carbonyl (C=O) groups excluding carboxylic acids is 2. The van der Waals surface area contributed by atoms with Crippen LogP contribution < -0.4 is 0 Å². The van der Waals surface area contributed by atoms with Crippen LogP contribution in [-0.4, -0.2) is 62.2 Å². The van der Waals surface area contributed by atoms with Crippen molar-refractivity contribution in [3.05, 3.63) is 50.6 Å². The quantitative estimate of drug-likeness (QED) is 0.171. The molecule has 0 rings (SSSR count). The number of ether oxygens (including phenoxy) is 4. The standard InChI is InChI=1S/2C7H10O3.C5H12O2/c2*1-3-5-9-6-10-7(8)4-2;1-5(2,3-6)4-7/h2*3-4H,1-2,5-6H2;6-7H,3-4H2,1-2H3. The van der Waals surface area contributed by atoms with E-state index < -0.39 is 11.9 Å². The fraction of sp³-hybridized carbons (Fsp3) is 0.474. The van der Waals surface area contributed by atoms with Crippen molar-refractivity contribution in [3.63, 3.8) is 0 Å². The lowest BCUT2D eigenvalue weighted by atomic mass is 9.97. The van der Waals surface area contributed by atoms with E-state index in [2.05, 4.69) is 35.8 Å². The predicted octanol–water partition coefficient (Wildman–Crippen LogP) is 1.75. The molecule has 0 aliphatic heterocycles. The van der Waals surface area contributed by atoms with Gasteiger partial charge in [-0.2, -0.15) is 0 Å². The van der Waals surface area contributed by atoms with Gasteiger partial charge in [-0.15, -0.1) is 13.2 Å². The van der Waals surface area contributed by atoms with Gasteiger partial charge in [-0.1, -0.05) is 39.2 Å². The topological polar surface area (TPSA) is 112 Å². The van der Waals surface area contributed by atoms with Crippen molar-refractivity contribution in [1.29, 1.82) is 0 Å². The minimum absolute atomic E-state index is 0.0448. The first-order valence-corrected chi connectivity index (χ1v) is 7.91. The van der Waals surface area contributed by atoms with E-state index in [0.717, 1.165) is 12.2 Å². The summed E-state index contributed by atoms with van der Waals surface area (Å²) in [6, 6.07) is 0. The lowest BCUT2D eigenvalue weighted by molar-refractivity contribution is -0.150. The highest BCUT2D eigenvalue weighted by atomic mass is 16.7. The maximum atomic E-state index is 10.3. The smallest absolute Gasteiger partial charge is 0.332 e. The lowest BCUT2D eigenvalue weighted by Crippen LogP contribution is -2.20. The van der Waals surface area contributed by atoms with Crippen molar-refractivity contribution in [3.8, 4) is 0 Å². The van der Waals surface area contributed by atoms with Crippen molar-refractivity contribution in [2.24, 2.45) is 5.41 Å². The summed E-state index contributed by atoms with van der Waals surface area (Å²) >= 11 is 0. The van der Waals surface area contributed by atoms with Gasteiger partial charge in [0.05, 0.1) is 26.4 Å². The molecular formula is C19H32O8. The van der Waals surface area contributed by atoms with E-state index in [1.165, 1.54) is 0 Å². The van der Waals surface area contributed by atoms with E-state index in [9.17, 15) is 9.59 Å². The number of esters is 2. The van der Waals surface area contributed by atoms with E-state index in [1.54, 1.807) is 26.0 Å². The predicted molar refractivity (Wildman–Crippen MR) is 103 cm³/mol. The molecule has 0 spiro atoms. The molecule has 0 aliphatic rings. The van der Waals surface area contributed by atoms with Gasteiger partial charge in [0.2, 0.25) is 0 Å². The van der Waals surface area contributed by atoms with E-state index in [1.807, 2.05) is 0 Å². The van der Waals surface area contributed by atoms with Crippen LogP contribution >= 0.6 is 0 Å². The monoisotopic (exact) mass is 388 g/mol. The third-order valence-corrected chi connectivity index (χ3v) is 2.23. The summed E-state index contributed by atoms with van der Waals surface area (Å²) in [4.78, 5) is 20.7. The molecule has 0 heterocycles. The Hall–Kier alpha value is -2.26. The van der Waals surface area contributed by atoms with Gasteiger partial charge in [-0.3, -0.25) is 0 Å². The Balaban J connectivity index is -0.000000326. The van der Waals surface area contributed by atoms with Crippen LogP contribution in [0.2, 0.25) is 0 Å². The molecule has 0 saturated heterocycles. The molecule has 0 bridgehead atoms. The van der Waals surface area contributed by atoms with Gasteiger partial charge in [0, 0.05) is 17.6 Å². The Morgan fingerprint density at radius 3 is 1.33 bits per heavy atom. The van der Waals surface area contributed by atoms with Crippen molar-refractivity contribution in [2.45, 2.75) is 13.8 Å². The highest BCUT2D eigenvalue weighted by Gasteiger charge is 2.13. The van der Waals surface area contributed by atoms with Crippen LogP contribution in [0.25, 0.3) is 0 Å². The molecule has 0 aromatic heterocycles. The van der Waals surface area contributed by atoms with Gasteiger partial charge in [0.1, 0.15) is 0 Å². The Morgan fingerprint density at radius 2 is 1.15 bits per heavy atom. The third kappa shape index (κ3) is 28.8. The summed E-state index contributed by atoms with van der Waals surface area (Å²) in [5.41, 5.74) is -0.306. The summed E-state index contributed by atoms with van der Waals surface area (Å²) in [5, 5.41) is 16.9. The molecule has 156 valence electrons. The Labute approximate surface area is 161 Å². The van der Waals surface area contributed by atoms with Crippen molar-refractivity contribution < 1.29 is 38.7 Å². The van der Waals surface area contributed by atoms with Crippen molar-refractivity contribution >= 4 is 11.9 Å². The van der Waals surface area contributed by atoms with E-state index >= 15 is 0 Å². The Bertz CT molecular complexity index is 391. The van der Waals surface area contributed by atoms with Crippen LogP contribution in [0.4, 0.5) is 0 Å². The molecule has 0 aromatic carbocycles. The maximum absolute atomic E-state index is 10.3. The highest BCUT2D eigenvalue weighted by Crippen LogP contribution is 2.10. The molecule has 0 unspecified atom stereocenters. The van der Waals surface area contributed by atoms with Crippen LogP contribution in [0.15, 0.2) is 50.6 Å². The summed E-state index contributed by atoms with van der Waals surface area (Å²) in [6.07, 6.45) is 5.30. The van der Waals surface area contributed by atoms with E-state index in [4.69, 9.17) is 19.7 Å². The van der Waals surface area contributed by atoms with Gasteiger partial charge in [-0.25, -0.2) is 9.59 Å². The van der Waals surface area contributed by atoms with Gasteiger partial charge in [0.15, 0.2) is 13.6 Å². The molecule has 8 nitrogen and oxygen atoms in total. The largest absolute Gasteiger partial charge is 0.435 e. The maximum Gasteiger partial charge on any atom is 0.332 e. The third-order valence-electron chi connectivity index (χ3n) is 2.23. The molecule has 0 saturated carbocycles. The lowest BCUT2D eigenvalue weighted by Gasteiger charge is -2.16.